The van der Waals surface area contributed by atoms with Crippen molar-refractivity contribution in [3.05, 3.63) is 10.1 Å². The molecule has 0 saturated heterocycles. The van der Waals surface area contributed by atoms with Crippen LogP contribution in [0, 0.1) is 10.1 Å². The van der Waals surface area contributed by atoms with Crippen LogP contribution in [0.25, 0.3) is 0 Å². The molecule has 0 saturated carbocycles. The standard InChI is InChI=1S/C6H11NO7/c1-12-2-5(14-7(10)11)3-13-4-6(8)9/h5H,2-4H2,1H3,(H,8,9). The van der Waals surface area contributed by atoms with Crippen molar-refractivity contribution in [2.24, 2.45) is 0 Å². The second-order valence-electron chi connectivity index (χ2n) is 2.32. The second kappa shape index (κ2) is 7.04. The van der Waals surface area contributed by atoms with E-state index in [1.807, 2.05) is 0 Å². The van der Waals surface area contributed by atoms with Gasteiger partial charge in [-0.25, -0.2) is 4.79 Å². The van der Waals surface area contributed by atoms with Crippen LogP contribution in [0.2, 0.25) is 0 Å². The number of hydrogen-bond acceptors (Lipinski definition) is 6. The molecule has 0 aliphatic heterocycles. The van der Waals surface area contributed by atoms with E-state index in [1.165, 1.54) is 7.11 Å². The number of carbonyl (C=O) groups is 1. The number of aliphatic carboxylic acids is 1. The summed E-state index contributed by atoms with van der Waals surface area (Å²) in [5.41, 5.74) is 0. The maximum Gasteiger partial charge on any atom is 0.329 e. The average molecular weight is 209 g/mol. The largest absolute Gasteiger partial charge is 0.480 e. The predicted molar refractivity (Wildman–Crippen MR) is 42.2 cm³/mol. The normalized spacial score (nSPS) is 12.1. The van der Waals surface area contributed by atoms with Gasteiger partial charge in [0, 0.05) is 7.11 Å². The minimum absolute atomic E-state index is 0.0411. The van der Waals surface area contributed by atoms with Crippen LogP contribution in [-0.2, 0) is 19.1 Å². The van der Waals surface area contributed by atoms with Gasteiger partial charge in [-0.05, 0) is 0 Å². The van der Waals surface area contributed by atoms with Crippen molar-refractivity contribution in [1.29, 1.82) is 0 Å². The van der Waals surface area contributed by atoms with E-state index >= 15 is 0 Å². The summed E-state index contributed by atoms with van der Waals surface area (Å²) in [5, 5.41) is 17.2. The molecule has 82 valence electrons. The lowest BCUT2D eigenvalue weighted by atomic mass is 10.4. The molecular weight excluding hydrogens is 198 g/mol. The number of hydrogen-bond donors (Lipinski definition) is 1. The number of carboxylic acid groups (broad SMARTS) is 1. The van der Waals surface area contributed by atoms with Crippen LogP contribution in [0.5, 0.6) is 0 Å². The lowest BCUT2D eigenvalue weighted by Crippen LogP contribution is -2.28. The van der Waals surface area contributed by atoms with E-state index < -0.39 is 23.8 Å². The molecule has 8 nitrogen and oxygen atoms in total. The van der Waals surface area contributed by atoms with E-state index in [4.69, 9.17) is 5.11 Å². The highest BCUT2D eigenvalue weighted by molar-refractivity contribution is 5.67. The first-order valence-electron chi connectivity index (χ1n) is 3.66. The monoisotopic (exact) mass is 209 g/mol. The third kappa shape index (κ3) is 7.25. The zero-order chi connectivity index (χ0) is 11.0. The SMILES string of the molecule is COCC(COCC(=O)O)O[N+](=O)[O-]. The topological polar surface area (TPSA) is 108 Å². The van der Waals surface area contributed by atoms with E-state index in [0.717, 1.165) is 0 Å². The molecule has 1 N–H and O–H groups in total. The van der Waals surface area contributed by atoms with Crippen molar-refractivity contribution in [3.8, 4) is 0 Å². The van der Waals surface area contributed by atoms with E-state index in [1.54, 1.807) is 0 Å². The fourth-order valence-corrected chi connectivity index (χ4v) is 0.694. The summed E-state index contributed by atoms with van der Waals surface area (Å²) in [5.74, 6) is -1.15. The Morgan fingerprint density at radius 2 is 2.21 bits per heavy atom. The van der Waals surface area contributed by atoms with E-state index in [-0.39, 0.29) is 13.2 Å². The second-order valence-corrected chi connectivity index (χ2v) is 2.32. The molecular formula is C6H11NO7. The molecule has 0 amide bonds. The number of rotatable bonds is 8. The van der Waals surface area contributed by atoms with Crippen LogP contribution >= 0.6 is 0 Å². The summed E-state index contributed by atoms with van der Waals surface area (Å²) in [6, 6.07) is 0. The van der Waals surface area contributed by atoms with Gasteiger partial charge in [-0.2, -0.15) is 0 Å². The zero-order valence-electron chi connectivity index (χ0n) is 7.54. The molecule has 0 aliphatic rings. The predicted octanol–water partition coefficient (Wildman–Crippen LogP) is -0.689. The first-order valence-corrected chi connectivity index (χ1v) is 3.66. The fourth-order valence-electron chi connectivity index (χ4n) is 0.694. The summed E-state index contributed by atoms with van der Waals surface area (Å²) >= 11 is 0. The van der Waals surface area contributed by atoms with Crippen LogP contribution in [0.3, 0.4) is 0 Å². The summed E-state index contributed by atoms with van der Waals surface area (Å²) < 4.78 is 9.21. The van der Waals surface area contributed by atoms with Crippen molar-refractivity contribution in [1.82, 2.24) is 0 Å². The van der Waals surface area contributed by atoms with Gasteiger partial charge in [-0.1, -0.05) is 0 Å². The van der Waals surface area contributed by atoms with Crippen molar-refractivity contribution in [2.45, 2.75) is 6.10 Å². The highest BCUT2D eigenvalue weighted by atomic mass is 17.0. The Morgan fingerprint density at radius 1 is 1.57 bits per heavy atom. The van der Waals surface area contributed by atoms with Crippen molar-refractivity contribution < 1.29 is 29.3 Å². The van der Waals surface area contributed by atoms with Gasteiger partial charge < -0.3 is 19.4 Å². The minimum atomic E-state index is -1.15. The van der Waals surface area contributed by atoms with Crippen LogP contribution in [0.1, 0.15) is 0 Å². The Kier molecular flexibility index (Phi) is 6.33. The van der Waals surface area contributed by atoms with Gasteiger partial charge in [0.1, 0.15) is 6.61 Å². The third-order valence-corrected chi connectivity index (χ3v) is 1.12. The van der Waals surface area contributed by atoms with E-state index in [2.05, 4.69) is 14.3 Å². The minimum Gasteiger partial charge on any atom is -0.480 e. The summed E-state index contributed by atoms with van der Waals surface area (Å²) in [6.45, 7) is -0.775. The van der Waals surface area contributed by atoms with Gasteiger partial charge in [0.05, 0.1) is 13.2 Å². The Bertz CT molecular complexity index is 195. The molecule has 8 heteroatoms. The first kappa shape index (κ1) is 12.6. The van der Waals surface area contributed by atoms with Crippen molar-refractivity contribution in [2.75, 3.05) is 26.9 Å². The maximum absolute atomic E-state index is 10.0. The number of nitrogens with zero attached hydrogens (tertiary/aromatic N) is 1. The van der Waals surface area contributed by atoms with Crippen molar-refractivity contribution >= 4 is 5.97 Å². The Balaban J connectivity index is 3.72. The molecule has 0 fully saturated rings. The van der Waals surface area contributed by atoms with Crippen LogP contribution < -0.4 is 0 Å². The average Bonchev–Trinajstić information content (AvgIpc) is 2.02. The lowest BCUT2D eigenvalue weighted by Gasteiger charge is -2.12. The van der Waals surface area contributed by atoms with E-state index in [9.17, 15) is 14.9 Å². The highest BCUT2D eigenvalue weighted by Crippen LogP contribution is 1.94. The smallest absolute Gasteiger partial charge is 0.329 e. The molecule has 0 heterocycles. The van der Waals surface area contributed by atoms with Gasteiger partial charge in [-0.15, -0.1) is 10.1 Å². The summed E-state index contributed by atoms with van der Waals surface area (Å²) in [7, 11) is 1.34. The number of ether oxygens (including phenoxy) is 2. The molecule has 1 unspecified atom stereocenters. The Hall–Kier alpha value is -1.41. The molecule has 0 spiro atoms. The highest BCUT2D eigenvalue weighted by Gasteiger charge is 2.13. The van der Waals surface area contributed by atoms with Crippen LogP contribution in [-0.4, -0.2) is 49.2 Å². The van der Waals surface area contributed by atoms with Crippen LogP contribution in [0.4, 0.5) is 0 Å². The quantitative estimate of drug-likeness (QED) is 0.416. The van der Waals surface area contributed by atoms with Gasteiger partial charge in [-0.3, -0.25) is 0 Å². The van der Waals surface area contributed by atoms with Gasteiger partial charge in [0.2, 0.25) is 0 Å². The maximum atomic E-state index is 10.0. The first-order chi connectivity index (χ1) is 6.56. The Labute approximate surface area is 79.5 Å². The molecule has 0 bridgehead atoms. The van der Waals surface area contributed by atoms with Crippen LogP contribution in [0.15, 0.2) is 0 Å². The third-order valence-electron chi connectivity index (χ3n) is 1.12. The number of carboxylic acids is 1. The molecule has 0 aromatic carbocycles. The molecule has 14 heavy (non-hydrogen) atoms. The molecule has 1 atom stereocenters. The number of methoxy groups -OCH3 is 1. The summed E-state index contributed by atoms with van der Waals surface area (Å²) in [6.07, 6.45) is -0.908. The Morgan fingerprint density at radius 3 is 2.64 bits per heavy atom. The lowest BCUT2D eigenvalue weighted by molar-refractivity contribution is -0.769. The van der Waals surface area contributed by atoms with Gasteiger partial charge in [0.15, 0.2) is 6.10 Å². The zero-order valence-corrected chi connectivity index (χ0v) is 7.54. The van der Waals surface area contributed by atoms with E-state index in [0.29, 0.717) is 0 Å². The summed E-state index contributed by atoms with van der Waals surface area (Å²) in [4.78, 5) is 24.1. The molecule has 0 aromatic heterocycles. The molecule has 0 aromatic rings. The molecule has 0 aliphatic carbocycles. The fraction of sp³-hybridized carbons (Fsp3) is 0.833. The molecule has 0 rings (SSSR count). The molecule has 0 radical (unpaired) electrons. The van der Waals surface area contributed by atoms with Crippen molar-refractivity contribution in [3.63, 3.8) is 0 Å². The van der Waals surface area contributed by atoms with Gasteiger partial charge >= 0.3 is 5.97 Å². The van der Waals surface area contributed by atoms with Gasteiger partial charge in [0.25, 0.3) is 5.09 Å².